The van der Waals surface area contributed by atoms with Crippen LogP contribution in [0.3, 0.4) is 0 Å². The van der Waals surface area contributed by atoms with E-state index < -0.39 is 23.5 Å². The molecule has 0 aromatic carbocycles. The average Bonchev–Trinajstić information content (AvgIpc) is 2.23. The van der Waals surface area contributed by atoms with Gasteiger partial charge in [0.15, 0.2) is 0 Å². The minimum atomic E-state index is -1.16. The lowest BCUT2D eigenvalue weighted by atomic mass is 9.99. The van der Waals surface area contributed by atoms with Gasteiger partial charge in [0.1, 0.15) is 6.04 Å². The highest BCUT2D eigenvalue weighted by atomic mass is 16.4. The summed E-state index contributed by atoms with van der Waals surface area (Å²) in [5.41, 5.74) is 5.24. The molecule has 0 aromatic rings. The number of carbonyl (C=O) groups is 3. The summed E-state index contributed by atoms with van der Waals surface area (Å²) in [6, 6.07) is -1.05. The molecule has 0 aromatic heterocycles. The molecule has 0 spiro atoms. The van der Waals surface area contributed by atoms with Crippen molar-refractivity contribution in [2.75, 3.05) is 0 Å². The third-order valence-electron chi connectivity index (χ3n) is 2.51. The number of rotatable bonds is 9. The van der Waals surface area contributed by atoms with Crippen molar-refractivity contribution in [3.63, 3.8) is 0 Å². The second kappa shape index (κ2) is 7.73. The minimum Gasteiger partial charge on any atom is -0.481 e. The molecule has 0 rings (SSSR count). The van der Waals surface area contributed by atoms with Crippen LogP contribution in [-0.2, 0) is 14.4 Å². The van der Waals surface area contributed by atoms with Gasteiger partial charge >= 0.3 is 11.9 Å². The molecule has 0 fully saturated rings. The van der Waals surface area contributed by atoms with Crippen LogP contribution in [-0.4, -0.2) is 39.6 Å². The van der Waals surface area contributed by atoms with Gasteiger partial charge in [-0.2, -0.15) is 0 Å². The number of carboxylic acids is 2. The van der Waals surface area contributed by atoms with Crippen LogP contribution >= 0.6 is 0 Å². The second-order valence-electron chi connectivity index (χ2n) is 5.23. The molecule has 7 heteroatoms. The Morgan fingerprint density at radius 3 is 2.21 bits per heavy atom. The van der Waals surface area contributed by atoms with Crippen LogP contribution in [0.1, 0.15) is 46.0 Å². The van der Waals surface area contributed by atoms with Gasteiger partial charge < -0.3 is 21.3 Å². The van der Waals surface area contributed by atoms with E-state index in [1.807, 2.05) is 0 Å². The zero-order chi connectivity index (χ0) is 15.1. The Morgan fingerprint density at radius 1 is 1.21 bits per heavy atom. The van der Waals surface area contributed by atoms with Crippen molar-refractivity contribution in [3.8, 4) is 0 Å². The zero-order valence-electron chi connectivity index (χ0n) is 11.3. The van der Waals surface area contributed by atoms with Crippen molar-refractivity contribution in [1.29, 1.82) is 0 Å². The van der Waals surface area contributed by atoms with Gasteiger partial charge in [-0.3, -0.25) is 9.59 Å². The average molecular weight is 274 g/mol. The summed E-state index contributed by atoms with van der Waals surface area (Å²) >= 11 is 0. The smallest absolute Gasteiger partial charge is 0.326 e. The number of carbonyl (C=O) groups excluding carboxylic acids is 1. The van der Waals surface area contributed by atoms with E-state index in [9.17, 15) is 14.4 Å². The fraction of sp³-hybridized carbons (Fsp3) is 0.750. The summed E-state index contributed by atoms with van der Waals surface area (Å²) < 4.78 is 0. The molecular formula is C12H22N2O5. The van der Waals surface area contributed by atoms with E-state index >= 15 is 0 Å². The summed E-state index contributed by atoms with van der Waals surface area (Å²) in [5, 5.41) is 19.8. The monoisotopic (exact) mass is 274 g/mol. The Bertz CT molecular complexity index is 336. The van der Waals surface area contributed by atoms with Gasteiger partial charge in [0, 0.05) is 18.4 Å². The maximum atomic E-state index is 11.6. The molecular weight excluding hydrogens is 252 g/mol. The molecule has 5 N–H and O–H groups in total. The molecule has 1 amide bonds. The largest absolute Gasteiger partial charge is 0.481 e. The highest BCUT2D eigenvalue weighted by molar-refractivity contribution is 5.83. The van der Waals surface area contributed by atoms with E-state index in [-0.39, 0.29) is 31.6 Å². The number of carboxylic acid groups (broad SMARTS) is 2. The van der Waals surface area contributed by atoms with Gasteiger partial charge in [-0.05, 0) is 33.1 Å². The van der Waals surface area contributed by atoms with E-state index in [4.69, 9.17) is 15.9 Å². The van der Waals surface area contributed by atoms with Crippen molar-refractivity contribution in [2.45, 2.75) is 57.5 Å². The Hall–Kier alpha value is -1.63. The molecule has 0 aliphatic rings. The lowest BCUT2D eigenvalue weighted by molar-refractivity contribution is -0.142. The first-order valence-corrected chi connectivity index (χ1v) is 6.14. The zero-order valence-corrected chi connectivity index (χ0v) is 11.3. The van der Waals surface area contributed by atoms with Crippen LogP contribution in [0.15, 0.2) is 0 Å². The van der Waals surface area contributed by atoms with E-state index in [1.54, 1.807) is 13.8 Å². The number of hydrogen-bond acceptors (Lipinski definition) is 4. The molecule has 0 aliphatic heterocycles. The maximum absolute atomic E-state index is 11.6. The Balaban J connectivity index is 4.16. The quantitative estimate of drug-likeness (QED) is 0.479. The molecule has 0 saturated heterocycles. The lowest BCUT2D eigenvalue weighted by Gasteiger charge is -2.19. The maximum Gasteiger partial charge on any atom is 0.326 e. The van der Waals surface area contributed by atoms with E-state index in [2.05, 4.69) is 5.32 Å². The third-order valence-corrected chi connectivity index (χ3v) is 2.51. The summed E-state index contributed by atoms with van der Waals surface area (Å²) in [5.74, 6) is -2.53. The van der Waals surface area contributed by atoms with E-state index in [1.165, 1.54) is 0 Å². The number of hydrogen-bond donors (Lipinski definition) is 4. The van der Waals surface area contributed by atoms with Gasteiger partial charge in [-0.1, -0.05) is 0 Å². The molecule has 0 radical (unpaired) electrons. The molecule has 1 atom stereocenters. The lowest BCUT2D eigenvalue weighted by Crippen LogP contribution is -2.42. The molecule has 7 nitrogen and oxygen atoms in total. The van der Waals surface area contributed by atoms with Gasteiger partial charge in [0.25, 0.3) is 0 Å². The van der Waals surface area contributed by atoms with Crippen LogP contribution in [0, 0.1) is 0 Å². The fourth-order valence-electron chi connectivity index (χ4n) is 1.42. The highest BCUT2D eigenvalue weighted by Crippen LogP contribution is 2.08. The van der Waals surface area contributed by atoms with Crippen LogP contribution in [0.25, 0.3) is 0 Å². The molecule has 19 heavy (non-hydrogen) atoms. The second-order valence-corrected chi connectivity index (χ2v) is 5.23. The first-order valence-electron chi connectivity index (χ1n) is 6.14. The fourth-order valence-corrected chi connectivity index (χ4v) is 1.42. The van der Waals surface area contributed by atoms with E-state index in [0.29, 0.717) is 6.42 Å². The first-order chi connectivity index (χ1) is 8.61. The van der Waals surface area contributed by atoms with Gasteiger partial charge in [0.05, 0.1) is 0 Å². The third kappa shape index (κ3) is 10.0. The van der Waals surface area contributed by atoms with Crippen LogP contribution < -0.4 is 11.1 Å². The van der Waals surface area contributed by atoms with Gasteiger partial charge in [-0.15, -0.1) is 0 Å². The topological polar surface area (TPSA) is 130 Å². The number of nitrogens with two attached hydrogens (primary N) is 1. The van der Waals surface area contributed by atoms with Crippen molar-refractivity contribution in [3.05, 3.63) is 0 Å². The molecule has 0 saturated carbocycles. The standard InChI is InChI=1S/C12H22N2O5/c1-12(2,13)7-6-9(15)14-8(11(18)19)4-3-5-10(16)17/h8H,3-7,13H2,1-2H3,(H,14,15)(H,16,17)(H,18,19)/t8-/m1/s1. The minimum absolute atomic E-state index is 0.0966. The first kappa shape index (κ1) is 17.4. The Labute approximate surface area is 112 Å². The molecule has 0 aliphatic carbocycles. The van der Waals surface area contributed by atoms with Gasteiger partial charge in [0.2, 0.25) is 5.91 Å². The summed E-state index contributed by atoms with van der Waals surface area (Å²) in [7, 11) is 0. The number of nitrogens with one attached hydrogen (secondary N) is 1. The predicted octanol–water partition coefficient (Wildman–Crippen LogP) is 0.328. The highest BCUT2D eigenvalue weighted by Gasteiger charge is 2.21. The summed E-state index contributed by atoms with van der Waals surface area (Å²) in [4.78, 5) is 32.8. The Kier molecular flexibility index (Phi) is 7.06. The summed E-state index contributed by atoms with van der Waals surface area (Å²) in [6.45, 7) is 3.56. The number of amides is 1. The van der Waals surface area contributed by atoms with Crippen molar-refractivity contribution >= 4 is 17.8 Å². The van der Waals surface area contributed by atoms with Crippen LogP contribution in [0.2, 0.25) is 0 Å². The SMILES string of the molecule is CC(C)(N)CCC(=O)N[C@H](CCCC(=O)O)C(=O)O. The van der Waals surface area contributed by atoms with Crippen LogP contribution in [0.4, 0.5) is 0 Å². The van der Waals surface area contributed by atoms with Crippen LogP contribution in [0.5, 0.6) is 0 Å². The normalized spacial score (nSPS) is 12.8. The van der Waals surface area contributed by atoms with Crippen molar-refractivity contribution < 1.29 is 24.6 Å². The number of aliphatic carboxylic acids is 2. The molecule has 0 bridgehead atoms. The van der Waals surface area contributed by atoms with E-state index in [0.717, 1.165) is 0 Å². The van der Waals surface area contributed by atoms with Crippen molar-refractivity contribution in [1.82, 2.24) is 5.32 Å². The Morgan fingerprint density at radius 2 is 1.79 bits per heavy atom. The van der Waals surface area contributed by atoms with Crippen molar-refractivity contribution in [2.24, 2.45) is 5.73 Å². The predicted molar refractivity (Wildman–Crippen MR) is 68.6 cm³/mol. The van der Waals surface area contributed by atoms with Gasteiger partial charge in [-0.25, -0.2) is 4.79 Å². The molecule has 0 unspecified atom stereocenters. The molecule has 110 valence electrons. The summed E-state index contributed by atoms with van der Waals surface area (Å²) in [6.07, 6.45) is 0.774. The molecule has 0 heterocycles.